The van der Waals surface area contributed by atoms with Gasteiger partial charge in [-0.1, -0.05) is 25.8 Å². The number of hydrogen-bond acceptors (Lipinski definition) is 2. The molecule has 1 N–H and O–H groups in total. The summed E-state index contributed by atoms with van der Waals surface area (Å²) < 4.78 is 0. The number of nitrogens with zero attached hydrogens (tertiary/aromatic N) is 1. The third kappa shape index (κ3) is 4.12. The van der Waals surface area contributed by atoms with Gasteiger partial charge in [0.15, 0.2) is 0 Å². The molecule has 2 atom stereocenters. The minimum absolute atomic E-state index is 0.886. The Balaban J connectivity index is 1.72. The number of pyridine rings is 1. The maximum absolute atomic E-state index is 4.22. The van der Waals surface area contributed by atoms with E-state index < -0.39 is 0 Å². The summed E-state index contributed by atoms with van der Waals surface area (Å²) in [6, 6.07) is 2.21. The molecule has 1 aromatic heterocycles. The van der Waals surface area contributed by atoms with Crippen molar-refractivity contribution in [1.29, 1.82) is 0 Å². The predicted molar refractivity (Wildman–Crippen MR) is 71.8 cm³/mol. The van der Waals surface area contributed by atoms with Gasteiger partial charge in [-0.15, -0.1) is 0 Å². The Labute approximate surface area is 105 Å². The predicted octanol–water partition coefficient (Wildman–Crippen LogP) is 3.31. The SMILES string of the molecule is Cc1cncc(CNCC2CCCC(C)C2)c1. The third-order valence-electron chi connectivity index (χ3n) is 3.74. The minimum Gasteiger partial charge on any atom is -0.312 e. The normalized spacial score (nSPS) is 24.8. The van der Waals surface area contributed by atoms with Gasteiger partial charge in [0.05, 0.1) is 0 Å². The van der Waals surface area contributed by atoms with Crippen molar-refractivity contribution >= 4 is 0 Å². The van der Waals surface area contributed by atoms with E-state index in [4.69, 9.17) is 0 Å². The van der Waals surface area contributed by atoms with Crippen LogP contribution in [0.15, 0.2) is 18.5 Å². The van der Waals surface area contributed by atoms with E-state index in [0.717, 1.165) is 24.9 Å². The van der Waals surface area contributed by atoms with E-state index in [1.807, 2.05) is 12.4 Å². The Hall–Kier alpha value is -0.890. The van der Waals surface area contributed by atoms with Crippen molar-refractivity contribution in [1.82, 2.24) is 10.3 Å². The first-order chi connectivity index (χ1) is 8.24. The molecule has 1 aliphatic carbocycles. The molecule has 1 saturated carbocycles. The lowest BCUT2D eigenvalue weighted by Gasteiger charge is -2.26. The fourth-order valence-electron chi connectivity index (χ4n) is 2.88. The van der Waals surface area contributed by atoms with E-state index >= 15 is 0 Å². The van der Waals surface area contributed by atoms with Crippen LogP contribution in [0.25, 0.3) is 0 Å². The molecule has 1 aliphatic rings. The molecule has 0 radical (unpaired) electrons. The number of rotatable bonds is 4. The summed E-state index contributed by atoms with van der Waals surface area (Å²) in [5.41, 5.74) is 2.55. The summed E-state index contributed by atoms with van der Waals surface area (Å²) in [5.74, 6) is 1.81. The Morgan fingerprint density at radius 3 is 3.00 bits per heavy atom. The molecule has 1 heterocycles. The summed E-state index contributed by atoms with van der Waals surface area (Å²) >= 11 is 0. The van der Waals surface area contributed by atoms with E-state index in [0.29, 0.717) is 0 Å². The number of hydrogen-bond donors (Lipinski definition) is 1. The van der Waals surface area contributed by atoms with Gasteiger partial charge in [0.1, 0.15) is 0 Å². The average molecular weight is 232 g/mol. The fourth-order valence-corrected chi connectivity index (χ4v) is 2.88. The molecular weight excluding hydrogens is 208 g/mol. The largest absolute Gasteiger partial charge is 0.312 e. The van der Waals surface area contributed by atoms with Crippen LogP contribution in [-0.4, -0.2) is 11.5 Å². The smallest absolute Gasteiger partial charge is 0.0313 e. The molecule has 0 aliphatic heterocycles. The molecule has 0 saturated heterocycles. The Bertz CT molecular complexity index is 349. The third-order valence-corrected chi connectivity index (χ3v) is 3.74. The van der Waals surface area contributed by atoms with Gasteiger partial charge in [-0.3, -0.25) is 4.98 Å². The van der Waals surface area contributed by atoms with Crippen LogP contribution >= 0.6 is 0 Å². The summed E-state index contributed by atoms with van der Waals surface area (Å²) in [4.78, 5) is 4.22. The maximum Gasteiger partial charge on any atom is 0.0313 e. The molecule has 0 aromatic carbocycles. The van der Waals surface area contributed by atoms with Crippen molar-refractivity contribution in [2.24, 2.45) is 11.8 Å². The van der Waals surface area contributed by atoms with Crippen molar-refractivity contribution < 1.29 is 0 Å². The van der Waals surface area contributed by atoms with Gasteiger partial charge in [0.25, 0.3) is 0 Å². The molecule has 2 unspecified atom stereocenters. The topological polar surface area (TPSA) is 24.9 Å². The highest BCUT2D eigenvalue weighted by Crippen LogP contribution is 2.27. The van der Waals surface area contributed by atoms with Crippen molar-refractivity contribution in [2.45, 2.75) is 46.1 Å². The van der Waals surface area contributed by atoms with Crippen molar-refractivity contribution in [3.8, 4) is 0 Å². The van der Waals surface area contributed by atoms with Gasteiger partial charge >= 0.3 is 0 Å². The molecule has 2 heteroatoms. The highest BCUT2D eigenvalue weighted by Gasteiger charge is 2.18. The zero-order chi connectivity index (χ0) is 12.1. The lowest BCUT2D eigenvalue weighted by molar-refractivity contribution is 0.274. The number of nitrogens with one attached hydrogen (secondary N) is 1. The van der Waals surface area contributed by atoms with Gasteiger partial charge in [-0.2, -0.15) is 0 Å². The molecule has 1 fully saturated rings. The van der Waals surface area contributed by atoms with E-state index in [9.17, 15) is 0 Å². The fraction of sp³-hybridized carbons (Fsp3) is 0.667. The highest BCUT2D eigenvalue weighted by atomic mass is 14.9. The van der Waals surface area contributed by atoms with Crippen molar-refractivity contribution in [3.63, 3.8) is 0 Å². The summed E-state index contributed by atoms with van der Waals surface area (Å²) in [6.45, 7) is 6.60. The van der Waals surface area contributed by atoms with Crippen LogP contribution in [0.5, 0.6) is 0 Å². The van der Waals surface area contributed by atoms with Crippen LogP contribution in [0.4, 0.5) is 0 Å². The second kappa shape index (κ2) is 6.15. The molecule has 0 bridgehead atoms. The van der Waals surface area contributed by atoms with Crippen LogP contribution < -0.4 is 5.32 Å². The van der Waals surface area contributed by atoms with Gasteiger partial charge in [0.2, 0.25) is 0 Å². The average Bonchev–Trinajstić information content (AvgIpc) is 2.29. The highest BCUT2D eigenvalue weighted by molar-refractivity contribution is 5.16. The van der Waals surface area contributed by atoms with Gasteiger partial charge in [-0.05, 0) is 49.3 Å². The molecule has 2 rings (SSSR count). The van der Waals surface area contributed by atoms with E-state index in [2.05, 4.69) is 30.2 Å². The van der Waals surface area contributed by atoms with Crippen molar-refractivity contribution in [3.05, 3.63) is 29.6 Å². The number of aromatic nitrogens is 1. The van der Waals surface area contributed by atoms with E-state index in [1.165, 1.54) is 36.8 Å². The zero-order valence-corrected chi connectivity index (χ0v) is 11.1. The van der Waals surface area contributed by atoms with Crippen LogP contribution in [0.1, 0.15) is 43.7 Å². The van der Waals surface area contributed by atoms with Gasteiger partial charge < -0.3 is 5.32 Å². The second-order valence-electron chi connectivity index (χ2n) is 5.64. The monoisotopic (exact) mass is 232 g/mol. The Morgan fingerprint density at radius 2 is 2.24 bits per heavy atom. The Morgan fingerprint density at radius 1 is 1.35 bits per heavy atom. The first-order valence-electron chi connectivity index (χ1n) is 6.85. The molecule has 0 spiro atoms. The molecule has 0 amide bonds. The van der Waals surface area contributed by atoms with Crippen LogP contribution in [-0.2, 0) is 6.54 Å². The van der Waals surface area contributed by atoms with Gasteiger partial charge in [-0.25, -0.2) is 0 Å². The summed E-state index contributed by atoms with van der Waals surface area (Å²) in [7, 11) is 0. The van der Waals surface area contributed by atoms with Crippen LogP contribution in [0.2, 0.25) is 0 Å². The molecule has 1 aromatic rings. The lowest BCUT2D eigenvalue weighted by Crippen LogP contribution is -2.26. The molecule has 2 nitrogen and oxygen atoms in total. The van der Waals surface area contributed by atoms with Crippen LogP contribution in [0, 0.1) is 18.8 Å². The zero-order valence-electron chi connectivity index (χ0n) is 11.1. The molecule has 94 valence electrons. The molecular formula is C15H24N2. The molecule has 17 heavy (non-hydrogen) atoms. The quantitative estimate of drug-likeness (QED) is 0.861. The Kier molecular flexibility index (Phi) is 4.55. The number of aryl methyl sites for hydroxylation is 1. The second-order valence-corrected chi connectivity index (χ2v) is 5.64. The summed E-state index contributed by atoms with van der Waals surface area (Å²) in [5, 5.41) is 3.58. The lowest BCUT2D eigenvalue weighted by atomic mass is 9.82. The standard InChI is InChI=1S/C15H24N2/c1-12-4-3-5-14(6-12)9-17-11-15-7-13(2)8-16-10-15/h7-8,10,12,14,17H,3-6,9,11H2,1-2H3. The minimum atomic E-state index is 0.886. The van der Waals surface area contributed by atoms with Crippen molar-refractivity contribution in [2.75, 3.05) is 6.54 Å². The van der Waals surface area contributed by atoms with E-state index in [1.54, 1.807) is 0 Å². The first kappa shape index (κ1) is 12.6. The van der Waals surface area contributed by atoms with E-state index in [-0.39, 0.29) is 0 Å². The maximum atomic E-state index is 4.22. The van der Waals surface area contributed by atoms with Crippen LogP contribution in [0.3, 0.4) is 0 Å². The van der Waals surface area contributed by atoms with Gasteiger partial charge in [0, 0.05) is 18.9 Å². The summed E-state index contributed by atoms with van der Waals surface area (Å²) in [6.07, 6.45) is 9.52. The first-order valence-corrected chi connectivity index (χ1v) is 6.85.